The number of nitrogens with one attached hydrogen (secondary N) is 1. The molecule has 0 saturated carbocycles. The van der Waals surface area contributed by atoms with E-state index in [4.69, 9.17) is 4.52 Å². The molecule has 1 aliphatic rings. The Morgan fingerprint density at radius 2 is 2.29 bits per heavy atom. The topological polar surface area (TPSA) is 61.2 Å². The Morgan fingerprint density at radius 3 is 3.05 bits per heavy atom. The lowest BCUT2D eigenvalue weighted by Crippen LogP contribution is -2.38. The second-order valence-electron chi connectivity index (χ2n) is 5.43. The Kier molecular flexibility index (Phi) is 3.94. The number of hydrogen-bond donors (Lipinski definition) is 1. The number of aromatic amines is 1. The summed E-state index contributed by atoms with van der Waals surface area (Å²) in [7, 11) is 0. The number of rotatable bonds is 5. The van der Waals surface area contributed by atoms with E-state index in [9.17, 15) is 0 Å². The first-order chi connectivity index (χ1) is 10.2. The van der Waals surface area contributed by atoms with Gasteiger partial charge in [0.15, 0.2) is 11.6 Å². The highest BCUT2D eigenvalue weighted by Crippen LogP contribution is 2.18. The first kappa shape index (κ1) is 13.7. The van der Waals surface area contributed by atoms with Crippen molar-refractivity contribution < 1.29 is 4.52 Å². The fraction of sp³-hybridized carbons (Fsp3) is 0.467. The molecule has 0 radical (unpaired) electrons. The van der Waals surface area contributed by atoms with Gasteiger partial charge < -0.3 is 14.3 Å². The van der Waals surface area contributed by atoms with Crippen LogP contribution in [0, 0.1) is 6.92 Å². The largest absolute Gasteiger partial charge is 0.359 e. The van der Waals surface area contributed by atoms with Crippen molar-refractivity contribution in [3.63, 3.8) is 0 Å². The maximum absolute atomic E-state index is 5.28. The molecule has 21 heavy (non-hydrogen) atoms. The van der Waals surface area contributed by atoms with Gasteiger partial charge >= 0.3 is 0 Å². The van der Waals surface area contributed by atoms with Crippen LogP contribution in [0.3, 0.4) is 0 Å². The molecule has 0 bridgehead atoms. The summed E-state index contributed by atoms with van der Waals surface area (Å²) in [5, 5.41) is 11.4. The molecule has 0 atom stereocenters. The minimum Gasteiger partial charge on any atom is -0.359 e. The van der Waals surface area contributed by atoms with Crippen molar-refractivity contribution >= 4 is 5.82 Å². The Labute approximate surface area is 124 Å². The number of H-pyrrole nitrogens is 1. The predicted octanol–water partition coefficient (Wildman–Crippen LogP) is 2.45. The molecule has 3 rings (SSSR count). The van der Waals surface area contributed by atoms with Crippen molar-refractivity contribution in [3.05, 3.63) is 41.6 Å². The predicted molar refractivity (Wildman–Crippen MR) is 80.7 cm³/mol. The molecule has 0 saturated heterocycles. The zero-order valence-corrected chi connectivity index (χ0v) is 12.5. The fourth-order valence-corrected chi connectivity index (χ4v) is 2.52. The molecule has 0 aromatic carbocycles. The average Bonchev–Trinajstić information content (AvgIpc) is 3.09. The second-order valence-corrected chi connectivity index (χ2v) is 5.43. The van der Waals surface area contributed by atoms with E-state index in [-0.39, 0.29) is 0 Å². The summed E-state index contributed by atoms with van der Waals surface area (Å²) in [6.45, 7) is 6.50. The van der Waals surface area contributed by atoms with Gasteiger partial charge in [0.1, 0.15) is 0 Å². The number of nitrogens with zero attached hydrogens (tertiary/aromatic N) is 4. The molecule has 0 amide bonds. The molecule has 112 valence electrons. The first-order valence-corrected chi connectivity index (χ1v) is 7.36. The van der Waals surface area contributed by atoms with Crippen LogP contribution >= 0.6 is 0 Å². The first-order valence-electron chi connectivity index (χ1n) is 7.36. The maximum Gasteiger partial charge on any atom is 0.156 e. The van der Waals surface area contributed by atoms with Crippen molar-refractivity contribution in [3.8, 4) is 0 Å². The van der Waals surface area contributed by atoms with Crippen molar-refractivity contribution in [1.29, 1.82) is 0 Å². The normalized spacial score (nSPS) is 15.0. The summed E-state index contributed by atoms with van der Waals surface area (Å²) in [6.07, 6.45) is 6.41. The van der Waals surface area contributed by atoms with Gasteiger partial charge in [-0.15, -0.1) is 0 Å². The lowest BCUT2D eigenvalue weighted by atomic mass is 10.2. The van der Waals surface area contributed by atoms with Crippen LogP contribution in [0.4, 0.5) is 5.82 Å². The molecular formula is C15H21N5O. The van der Waals surface area contributed by atoms with Crippen LogP contribution < -0.4 is 4.90 Å². The molecule has 1 aliphatic heterocycles. The van der Waals surface area contributed by atoms with Gasteiger partial charge in [0, 0.05) is 24.4 Å². The third-order valence-corrected chi connectivity index (χ3v) is 3.49. The van der Waals surface area contributed by atoms with Gasteiger partial charge in [-0.2, -0.15) is 5.10 Å². The monoisotopic (exact) mass is 287 g/mol. The molecule has 0 fully saturated rings. The van der Waals surface area contributed by atoms with Crippen molar-refractivity contribution in [1.82, 2.24) is 20.3 Å². The molecule has 6 nitrogen and oxygen atoms in total. The van der Waals surface area contributed by atoms with E-state index in [0.717, 1.165) is 49.9 Å². The number of anilines is 1. The molecule has 0 unspecified atom stereocenters. The minimum atomic E-state index is 0.722. The Bertz CT molecular complexity index is 615. The quantitative estimate of drug-likeness (QED) is 0.915. The van der Waals surface area contributed by atoms with Crippen molar-refractivity contribution in [2.75, 3.05) is 18.1 Å². The fourth-order valence-electron chi connectivity index (χ4n) is 2.52. The zero-order chi connectivity index (χ0) is 14.7. The summed E-state index contributed by atoms with van der Waals surface area (Å²) < 4.78 is 5.28. The Morgan fingerprint density at radius 1 is 1.38 bits per heavy atom. The van der Waals surface area contributed by atoms with E-state index in [1.165, 1.54) is 5.69 Å². The molecule has 0 spiro atoms. The van der Waals surface area contributed by atoms with E-state index in [2.05, 4.69) is 50.4 Å². The summed E-state index contributed by atoms with van der Waals surface area (Å²) in [6, 6.07) is 4.11. The molecule has 6 heteroatoms. The summed E-state index contributed by atoms with van der Waals surface area (Å²) in [4.78, 5) is 4.43. The van der Waals surface area contributed by atoms with Gasteiger partial charge in [0.25, 0.3) is 0 Å². The Hall–Kier alpha value is -2.24. The molecule has 2 aromatic rings. The SMILES string of the molecule is CCCc1cc(N2CC=CN(Cc3cc(C)no3)C2)n[nH]1. The van der Waals surface area contributed by atoms with E-state index < -0.39 is 0 Å². The van der Waals surface area contributed by atoms with Gasteiger partial charge in [0.05, 0.1) is 18.9 Å². The van der Waals surface area contributed by atoms with Crippen LogP contribution in [-0.4, -0.2) is 33.5 Å². The molecule has 0 aliphatic carbocycles. The van der Waals surface area contributed by atoms with Crippen LogP contribution in [0.2, 0.25) is 0 Å². The minimum absolute atomic E-state index is 0.722. The summed E-state index contributed by atoms with van der Waals surface area (Å²) in [5.41, 5.74) is 2.11. The number of aryl methyl sites for hydroxylation is 2. The van der Waals surface area contributed by atoms with Crippen molar-refractivity contribution in [2.24, 2.45) is 0 Å². The highest BCUT2D eigenvalue weighted by atomic mass is 16.5. The van der Waals surface area contributed by atoms with E-state index >= 15 is 0 Å². The van der Waals surface area contributed by atoms with Gasteiger partial charge in [-0.3, -0.25) is 5.10 Å². The third kappa shape index (κ3) is 3.26. The van der Waals surface area contributed by atoms with Gasteiger partial charge in [-0.25, -0.2) is 0 Å². The molecule has 3 heterocycles. The third-order valence-electron chi connectivity index (χ3n) is 3.49. The molecule has 1 N–H and O–H groups in total. The number of hydrogen-bond acceptors (Lipinski definition) is 5. The summed E-state index contributed by atoms with van der Waals surface area (Å²) in [5.74, 6) is 1.88. The van der Waals surface area contributed by atoms with E-state index in [1.54, 1.807) is 0 Å². The standard InChI is InChI=1S/C15H21N5O/c1-3-5-13-9-15(17-16-13)20-7-4-6-19(11-20)10-14-8-12(2)18-21-14/h4,6,8-9H,3,5,7,10-11H2,1-2H3,(H,16,17). The highest BCUT2D eigenvalue weighted by Gasteiger charge is 2.16. The average molecular weight is 287 g/mol. The maximum atomic E-state index is 5.28. The van der Waals surface area contributed by atoms with Gasteiger partial charge in [-0.05, 0) is 25.6 Å². The smallest absolute Gasteiger partial charge is 0.156 e. The van der Waals surface area contributed by atoms with Crippen LogP contribution in [-0.2, 0) is 13.0 Å². The molecular weight excluding hydrogens is 266 g/mol. The molecule has 2 aromatic heterocycles. The van der Waals surface area contributed by atoms with Crippen LogP contribution in [0.5, 0.6) is 0 Å². The van der Waals surface area contributed by atoms with Crippen LogP contribution in [0.15, 0.2) is 28.9 Å². The summed E-state index contributed by atoms with van der Waals surface area (Å²) >= 11 is 0. The number of aromatic nitrogens is 3. The van der Waals surface area contributed by atoms with E-state index in [0.29, 0.717) is 0 Å². The lowest BCUT2D eigenvalue weighted by molar-refractivity contribution is 0.289. The van der Waals surface area contributed by atoms with Crippen molar-refractivity contribution in [2.45, 2.75) is 33.2 Å². The van der Waals surface area contributed by atoms with Gasteiger partial charge in [-0.1, -0.05) is 18.5 Å². The van der Waals surface area contributed by atoms with E-state index in [1.807, 2.05) is 13.0 Å². The van der Waals surface area contributed by atoms with Crippen LogP contribution in [0.1, 0.15) is 30.5 Å². The zero-order valence-electron chi connectivity index (χ0n) is 12.5. The highest BCUT2D eigenvalue weighted by molar-refractivity contribution is 5.41. The van der Waals surface area contributed by atoms with Crippen LogP contribution in [0.25, 0.3) is 0 Å². The van der Waals surface area contributed by atoms with Gasteiger partial charge in [0.2, 0.25) is 0 Å². The Balaban J connectivity index is 1.64. The second kappa shape index (κ2) is 6.03. The lowest BCUT2D eigenvalue weighted by Gasteiger charge is -2.32.